The Morgan fingerprint density at radius 3 is 2.84 bits per heavy atom. The largest absolute Gasteiger partial charge is 0.311 e. The van der Waals surface area contributed by atoms with Crippen LogP contribution in [0.5, 0.6) is 0 Å². The number of nitrogens with zero attached hydrogens (tertiary/aromatic N) is 3. The summed E-state index contributed by atoms with van der Waals surface area (Å²) in [5, 5.41) is 0. The molecule has 6 nitrogen and oxygen atoms in total. The van der Waals surface area contributed by atoms with Gasteiger partial charge in [-0.15, -0.1) is 0 Å². The van der Waals surface area contributed by atoms with E-state index in [4.69, 9.17) is 0 Å². The normalized spacial score (nSPS) is 14.5. The zero-order valence-electron chi connectivity index (χ0n) is 13.3. The van der Waals surface area contributed by atoms with Gasteiger partial charge in [-0.1, -0.05) is 24.3 Å². The molecule has 0 N–H and O–H groups in total. The standard InChI is InChI=1S/C17H15N3O3S2/c21-16(20-10-4-6-12-5-1-2-8-14(12)20)11-25(22,23)15-9-3-7-13-17(15)19-24-18-13/h1-3,5,7-9H,4,6,10-11H2. The van der Waals surface area contributed by atoms with E-state index in [1.807, 2.05) is 24.3 Å². The van der Waals surface area contributed by atoms with Crippen LogP contribution in [0.1, 0.15) is 12.0 Å². The van der Waals surface area contributed by atoms with Gasteiger partial charge in [-0.3, -0.25) is 4.79 Å². The summed E-state index contributed by atoms with van der Waals surface area (Å²) in [4.78, 5) is 14.4. The molecule has 0 atom stereocenters. The Hall–Kier alpha value is -2.32. The summed E-state index contributed by atoms with van der Waals surface area (Å²) in [5.74, 6) is -0.981. The topological polar surface area (TPSA) is 80.2 Å². The minimum absolute atomic E-state index is 0.0670. The Balaban J connectivity index is 1.66. The monoisotopic (exact) mass is 373 g/mol. The van der Waals surface area contributed by atoms with Gasteiger partial charge in [0.25, 0.3) is 0 Å². The Morgan fingerprint density at radius 1 is 1.12 bits per heavy atom. The Kier molecular flexibility index (Phi) is 4.01. The lowest BCUT2D eigenvalue weighted by Gasteiger charge is -2.29. The molecular weight excluding hydrogens is 358 g/mol. The predicted octanol–water partition coefficient (Wildman–Crippen LogP) is 2.44. The molecule has 0 unspecified atom stereocenters. The molecule has 3 aromatic rings. The van der Waals surface area contributed by atoms with Crippen molar-refractivity contribution in [2.24, 2.45) is 0 Å². The fourth-order valence-corrected chi connectivity index (χ4v) is 5.12. The number of benzene rings is 2. The van der Waals surface area contributed by atoms with E-state index in [-0.39, 0.29) is 4.90 Å². The first-order valence-corrected chi connectivity index (χ1v) is 10.3. The molecule has 0 saturated heterocycles. The van der Waals surface area contributed by atoms with Crippen LogP contribution in [-0.2, 0) is 21.1 Å². The number of hydrogen-bond donors (Lipinski definition) is 0. The van der Waals surface area contributed by atoms with Crippen molar-refractivity contribution in [3.8, 4) is 0 Å². The van der Waals surface area contributed by atoms with Gasteiger partial charge in [0.1, 0.15) is 16.8 Å². The number of hydrogen-bond acceptors (Lipinski definition) is 6. The van der Waals surface area contributed by atoms with E-state index in [0.717, 1.165) is 35.8 Å². The van der Waals surface area contributed by atoms with Gasteiger partial charge < -0.3 is 4.90 Å². The van der Waals surface area contributed by atoms with Crippen molar-refractivity contribution in [1.29, 1.82) is 0 Å². The second-order valence-electron chi connectivity index (χ2n) is 5.92. The molecule has 0 radical (unpaired) electrons. The lowest BCUT2D eigenvalue weighted by atomic mass is 10.0. The quantitative estimate of drug-likeness (QED) is 0.704. The molecule has 1 aromatic heterocycles. The molecule has 25 heavy (non-hydrogen) atoms. The van der Waals surface area contributed by atoms with Gasteiger partial charge in [0.15, 0.2) is 9.84 Å². The molecule has 0 fully saturated rings. The number of carbonyl (C=O) groups excluding carboxylic acids is 1. The number of anilines is 1. The maximum atomic E-state index is 12.8. The van der Waals surface area contributed by atoms with Gasteiger partial charge in [-0.25, -0.2) is 8.42 Å². The van der Waals surface area contributed by atoms with Crippen molar-refractivity contribution in [1.82, 2.24) is 8.75 Å². The third kappa shape index (κ3) is 2.91. The van der Waals surface area contributed by atoms with Crippen molar-refractivity contribution in [3.05, 3.63) is 48.0 Å². The van der Waals surface area contributed by atoms with Crippen LogP contribution in [0.15, 0.2) is 47.4 Å². The molecular formula is C17H15N3O3S2. The molecule has 0 spiro atoms. The highest BCUT2D eigenvalue weighted by Gasteiger charge is 2.29. The van der Waals surface area contributed by atoms with Crippen LogP contribution >= 0.6 is 11.7 Å². The minimum Gasteiger partial charge on any atom is -0.311 e. The molecule has 8 heteroatoms. The molecule has 0 saturated carbocycles. The van der Waals surface area contributed by atoms with E-state index in [2.05, 4.69) is 8.75 Å². The Labute approximate surface area is 149 Å². The van der Waals surface area contributed by atoms with E-state index in [0.29, 0.717) is 17.6 Å². The van der Waals surface area contributed by atoms with E-state index >= 15 is 0 Å². The first-order valence-electron chi connectivity index (χ1n) is 7.88. The number of carbonyl (C=O) groups is 1. The average Bonchev–Trinajstić information content (AvgIpc) is 3.09. The second kappa shape index (κ2) is 6.20. The van der Waals surface area contributed by atoms with E-state index in [9.17, 15) is 13.2 Å². The van der Waals surface area contributed by atoms with Crippen LogP contribution in [0, 0.1) is 0 Å². The summed E-state index contributed by atoms with van der Waals surface area (Å²) in [7, 11) is -3.79. The molecule has 2 heterocycles. The highest BCUT2D eigenvalue weighted by Crippen LogP contribution is 2.28. The highest BCUT2D eigenvalue weighted by molar-refractivity contribution is 7.92. The molecule has 2 aromatic carbocycles. The van der Waals surface area contributed by atoms with Crippen molar-refractivity contribution >= 4 is 44.2 Å². The van der Waals surface area contributed by atoms with Gasteiger partial charge in [0, 0.05) is 12.2 Å². The van der Waals surface area contributed by atoms with E-state index in [1.165, 1.54) is 6.07 Å². The zero-order chi connectivity index (χ0) is 17.4. The average molecular weight is 373 g/mol. The number of rotatable bonds is 3. The van der Waals surface area contributed by atoms with Crippen LogP contribution < -0.4 is 4.90 Å². The second-order valence-corrected chi connectivity index (χ2v) is 8.41. The zero-order valence-corrected chi connectivity index (χ0v) is 14.9. The summed E-state index contributed by atoms with van der Waals surface area (Å²) < 4.78 is 33.7. The van der Waals surface area contributed by atoms with E-state index in [1.54, 1.807) is 17.0 Å². The summed E-state index contributed by atoms with van der Waals surface area (Å²) in [6.07, 6.45) is 1.73. The first kappa shape index (κ1) is 16.2. The van der Waals surface area contributed by atoms with Crippen molar-refractivity contribution in [2.75, 3.05) is 17.2 Å². The molecule has 1 amide bonds. The van der Waals surface area contributed by atoms with E-state index < -0.39 is 21.5 Å². The van der Waals surface area contributed by atoms with Crippen molar-refractivity contribution in [3.63, 3.8) is 0 Å². The molecule has 0 bridgehead atoms. The van der Waals surface area contributed by atoms with Gasteiger partial charge in [0.2, 0.25) is 5.91 Å². The number of para-hydroxylation sites is 1. The number of amides is 1. The summed E-state index contributed by atoms with van der Waals surface area (Å²) in [6.45, 7) is 0.536. The lowest BCUT2D eigenvalue weighted by molar-refractivity contribution is -0.116. The van der Waals surface area contributed by atoms with Crippen molar-refractivity contribution < 1.29 is 13.2 Å². The Morgan fingerprint density at radius 2 is 1.96 bits per heavy atom. The van der Waals surface area contributed by atoms with Gasteiger partial charge in [-0.2, -0.15) is 8.75 Å². The Bertz CT molecular complexity index is 1060. The minimum atomic E-state index is -3.79. The van der Waals surface area contributed by atoms with Crippen LogP contribution in [-0.4, -0.2) is 35.4 Å². The molecule has 1 aliphatic heterocycles. The van der Waals surface area contributed by atoms with Gasteiger partial charge in [-0.05, 0) is 36.6 Å². The maximum absolute atomic E-state index is 12.8. The van der Waals surface area contributed by atoms with Crippen LogP contribution in [0.2, 0.25) is 0 Å². The molecule has 4 rings (SSSR count). The summed E-state index contributed by atoms with van der Waals surface area (Å²) in [6, 6.07) is 12.4. The third-order valence-corrected chi connectivity index (χ3v) is 6.48. The smallest absolute Gasteiger partial charge is 0.242 e. The summed E-state index contributed by atoms with van der Waals surface area (Å²) >= 11 is 0.961. The number of aromatic nitrogens is 2. The summed E-state index contributed by atoms with van der Waals surface area (Å²) in [5.41, 5.74) is 2.74. The number of fused-ring (bicyclic) bond motifs is 2. The van der Waals surface area contributed by atoms with Crippen LogP contribution in [0.4, 0.5) is 5.69 Å². The first-order chi connectivity index (χ1) is 12.1. The van der Waals surface area contributed by atoms with Crippen LogP contribution in [0.3, 0.4) is 0 Å². The lowest BCUT2D eigenvalue weighted by Crippen LogP contribution is -2.39. The molecule has 1 aliphatic rings. The maximum Gasteiger partial charge on any atom is 0.242 e. The fourth-order valence-electron chi connectivity index (χ4n) is 3.14. The van der Waals surface area contributed by atoms with Gasteiger partial charge in [0.05, 0.1) is 16.6 Å². The molecule has 0 aliphatic carbocycles. The highest BCUT2D eigenvalue weighted by atomic mass is 32.2. The SMILES string of the molecule is O=C(CS(=O)(=O)c1cccc2nsnc12)N1CCCc2ccccc21. The number of sulfone groups is 1. The fraction of sp³-hybridized carbons (Fsp3) is 0.235. The predicted molar refractivity (Wildman–Crippen MR) is 96.6 cm³/mol. The molecule has 128 valence electrons. The number of aryl methyl sites for hydroxylation is 1. The van der Waals surface area contributed by atoms with Crippen LogP contribution in [0.25, 0.3) is 11.0 Å². The van der Waals surface area contributed by atoms with Gasteiger partial charge >= 0.3 is 0 Å². The van der Waals surface area contributed by atoms with Crippen molar-refractivity contribution in [2.45, 2.75) is 17.7 Å². The third-order valence-electron chi connectivity index (χ3n) is 4.31.